The van der Waals surface area contributed by atoms with Gasteiger partial charge in [-0.2, -0.15) is 0 Å². The molecule has 0 nitrogen and oxygen atoms in total. The Morgan fingerprint density at radius 3 is 1.95 bits per heavy atom. The number of fused-ring (bicyclic) bond motifs is 4. The first-order valence-electron chi connectivity index (χ1n) is 13.7. The van der Waals surface area contributed by atoms with Crippen molar-refractivity contribution < 1.29 is 18.3 Å². The minimum atomic E-state index is -4.24. The summed E-state index contributed by atoms with van der Waals surface area (Å²) < 4.78 is 8.99. The Kier molecular flexibility index (Phi) is 5.50. The van der Waals surface area contributed by atoms with Crippen molar-refractivity contribution in [3.05, 3.63) is 167 Å². The standard InChI is InChI=1S/C13H9.C13H10.C9H7.2CH3.Zr/c1-3-7-12-10(5-1)9-11-6-2-4-8-13(11)12;1-3-7-12(8-4-1)11-13-9-5-2-6-10-13;1-2-5-9-7-3-6-8(9)4-1;;;/h1-5,7-8H,9H2;1-10H;1-7H;2*1H3;. The Balaban J connectivity index is 1.67. The molecule has 0 aromatic heterocycles. The van der Waals surface area contributed by atoms with E-state index in [-0.39, 0.29) is 0 Å². The quantitative estimate of drug-likeness (QED) is 0.200. The molecule has 0 amide bonds. The van der Waals surface area contributed by atoms with Crippen LogP contribution in [0.2, 0.25) is 9.26 Å². The third-order valence-electron chi connectivity index (χ3n) is 9.31. The first kappa shape index (κ1) is 23.7. The molecule has 2 aliphatic carbocycles. The van der Waals surface area contributed by atoms with Gasteiger partial charge >= 0.3 is 228 Å². The molecule has 7 rings (SSSR count). The molecule has 0 bridgehead atoms. The monoisotopic (exact) mass is 566 g/mol. The van der Waals surface area contributed by atoms with Gasteiger partial charge in [-0.15, -0.1) is 0 Å². The van der Waals surface area contributed by atoms with Crippen LogP contribution in [0.25, 0.3) is 17.2 Å². The number of benzene rings is 5. The third kappa shape index (κ3) is 3.42. The van der Waals surface area contributed by atoms with Crippen molar-refractivity contribution in [3.63, 3.8) is 0 Å². The summed E-state index contributed by atoms with van der Waals surface area (Å²) in [6.07, 6.45) is 5.94. The van der Waals surface area contributed by atoms with E-state index in [1.54, 1.807) is 12.0 Å². The molecule has 2 aliphatic rings. The van der Waals surface area contributed by atoms with Crippen LogP contribution in [0.5, 0.6) is 0 Å². The summed E-state index contributed by atoms with van der Waals surface area (Å²) in [6, 6.07) is 47.7. The number of hydrogen-bond acceptors (Lipinski definition) is 0. The van der Waals surface area contributed by atoms with Gasteiger partial charge in [-0.05, 0) is 0 Å². The van der Waals surface area contributed by atoms with Crippen LogP contribution in [0, 0.1) is 0 Å². The Hall–Kier alpha value is -3.41. The molecule has 0 N–H and O–H groups in total. The Morgan fingerprint density at radius 1 is 0.605 bits per heavy atom. The molecule has 1 atom stereocenters. The van der Waals surface area contributed by atoms with Crippen molar-refractivity contribution in [2.45, 2.75) is 19.3 Å². The van der Waals surface area contributed by atoms with Crippen molar-refractivity contribution in [2.75, 3.05) is 0 Å². The first-order valence-corrected chi connectivity index (χ1v) is 22.5. The maximum atomic E-state index is 2.71. The molecule has 0 fully saturated rings. The van der Waals surface area contributed by atoms with E-state index in [4.69, 9.17) is 0 Å². The second kappa shape index (κ2) is 8.82. The van der Waals surface area contributed by atoms with E-state index in [0.29, 0.717) is 3.63 Å². The van der Waals surface area contributed by atoms with E-state index >= 15 is 0 Å². The van der Waals surface area contributed by atoms with E-state index in [9.17, 15) is 0 Å². The summed E-state index contributed by atoms with van der Waals surface area (Å²) in [5.74, 6) is 0. The second-order valence-electron chi connectivity index (χ2n) is 11.7. The maximum absolute atomic E-state index is 4.24. The minimum absolute atomic E-state index is 0.373. The first-order chi connectivity index (χ1) is 18.6. The molecule has 0 heterocycles. The Morgan fingerprint density at radius 2 is 1.21 bits per heavy atom. The van der Waals surface area contributed by atoms with Crippen LogP contribution >= 0.6 is 0 Å². The number of hydrogen-bond donors (Lipinski definition) is 0. The summed E-state index contributed by atoms with van der Waals surface area (Å²) in [6.45, 7) is 0. The molecule has 5 aromatic rings. The zero-order valence-corrected chi connectivity index (χ0v) is 24.5. The van der Waals surface area contributed by atoms with Gasteiger partial charge in [0.05, 0.1) is 0 Å². The zero-order valence-electron chi connectivity index (χ0n) is 22.1. The topological polar surface area (TPSA) is 0 Å². The van der Waals surface area contributed by atoms with Crippen molar-refractivity contribution in [2.24, 2.45) is 0 Å². The summed E-state index contributed by atoms with van der Waals surface area (Å²) >= 11 is -4.24. The van der Waals surface area contributed by atoms with Gasteiger partial charge in [0.25, 0.3) is 0 Å². The predicted octanol–water partition coefficient (Wildman–Crippen LogP) is 8.71. The van der Waals surface area contributed by atoms with Crippen molar-refractivity contribution >= 4 is 12.6 Å². The van der Waals surface area contributed by atoms with Gasteiger partial charge in [-0.1, -0.05) is 0 Å². The molecular formula is C37H32Zr. The fourth-order valence-corrected chi connectivity index (χ4v) is 24.0. The molecule has 184 valence electrons. The van der Waals surface area contributed by atoms with Crippen molar-refractivity contribution in [3.8, 4) is 11.1 Å². The molecule has 0 saturated heterocycles. The van der Waals surface area contributed by atoms with Crippen LogP contribution < -0.4 is 3.27 Å². The second-order valence-corrected chi connectivity index (χ2v) is 28.1. The molecule has 38 heavy (non-hydrogen) atoms. The number of allylic oxidation sites excluding steroid dienone is 1. The molecule has 0 radical (unpaired) electrons. The Bertz CT molecular complexity index is 1740. The summed E-state index contributed by atoms with van der Waals surface area (Å²) in [4.78, 5) is 0. The average Bonchev–Trinajstić information content (AvgIpc) is 3.57. The number of rotatable bonds is 4. The van der Waals surface area contributed by atoms with Gasteiger partial charge in [0.2, 0.25) is 0 Å². The van der Waals surface area contributed by atoms with E-state index in [0.717, 1.165) is 6.42 Å². The molecular weight excluding hydrogens is 536 g/mol. The zero-order chi connectivity index (χ0) is 25.8. The normalized spacial score (nSPS) is 15.6. The predicted molar refractivity (Wildman–Crippen MR) is 160 cm³/mol. The van der Waals surface area contributed by atoms with E-state index in [1.165, 1.54) is 38.9 Å². The third-order valence-corrected chi connectivity index (χ3v) is 25.6. The Labute approximate surface area is 226 Å². The van der Waals surface area contributed by atoms with Crippen LogP contribution in [0.15, 0.2) is 133 Å². The molecule has 1 heteroatoms. The summed E-state index contributed by atoms with van der Waals surface area (Å²) in [7, 11) is 0. The van der Waals surface area contributed by atoms with E-state index in [1.807, 2.05) is 0 Å². The molecule has 0 spiro atoms. The van der Waals surface area contributed by atoms with Gasteiger partial charge < -0.3 is 0 Å². The average molecular weight is 568 g/mol. The van der Waals surface area contributed by atoms with Crippen LogP contribution in [0.4, 0.5) is 0 Å². The van der Waals surface area contributed by atoms with Gasteiger partial charge in [-0.25, -0.2) is 0 Å². The molecule has 5 aromatic carbocycles. The van der Waals surface area contributed by atoms with Crippen LogP contribution in [-0.2, 0) is 24.7 Å². The van der Waals surface area contributed by atoms with E-state index in [2.05, 4.69) is 149 Å². The van der Waals surface area contributed by atoms with E-state index < -0.39 is 18.3 Å². The fourth-order valence-electron chi connectivity index (χ4n) is 7.61. The van der Waals surface area contributed by atoms with Gasteiger partial charge in [0.15, 0.2) is 0 Å². The molecule has 1 unspecified atom stereocenters. The van der Waals surface area contributed by atoms with Crippen LogP contribution in [-0.4, -0.2) is 3.21 Å². The van der Waals surface area contributed by atoms with Crippen molar-refractivity contribution in [1.82, 2.24) is 0 Å². The summed E-state index contributed by atoms with van der Waals surface area (Å²) in [5.41, 5.74) is 11.4. The van der Waals surface area contributed by atoms with Gasteiger partial charge in [0, 0.05) is 0 Å². The fraction of sp³-hybridized carbons (Fsp3) is 0.108. The van der Waals surface area contributed by atoms with Gasteiger partial charge in [0.1, 0.15) is 0 Å². The van der Waals surface area contributed by atoms with Gasteiger partial charge in [-0.3, -0.25) is 0 Å². The molecule has 0 saturated carbocycles. The SMILES string of the molecule is [CH3][Zr]([CH3])(=[C](c1ccccc1)c1ccccc1)([c]1cccc2c1Cc1ccccc1-2)[CH]1C=Cc2ccccc21. The van der Waals surface area contributed by atoms with Crippen LogP contribution in [0.3, 0.4) is 0 Å². The van der Waals surface area contributed by atoms with Crippen molar-refractivity contribution in [1.29, 1.82) is 0 Å². The molecule has 0 aliphatic heterocycles. The summed E-state index contributed by atoms with van der Waals surface area (Å²) in [5, 5.41) is 0. The van der Waals surface area contributed by atoms with Crippen LogP contribution in [0.1, 0.15) is 37.0 Å².